The van der Waals surface area contributed by atoms with Crippen molar-refractivity contribution in [1.29, 1.82) is 0 Å². The summed E-state index contributed by atoms with van der Waals surface area (Å²) in [6.07, 6.45) is 1.28. The minimum absolute atomic E-state index is 0.0206. The number of carboxylic acid groups (broad SMARTS) is 1. The highest BCUT2D eigenvalue weighted by Gasteiger charge is 2.25. The highest BCUT2D eigenvalue weighted by molar-refractivity contribution is 5.73. The van der Waals surface area contributed by atoms with Gasteiger partial charge in [0.2, 0.25) is 5.91 Å². The van der Waals surface area contributed by atoms with Crippen molar-refractivity contribution in [2.24, 2.45) is 0 Å². The van der Waals surface area contributed by atoms with Crippen LogP contribution in [0.15, 0.2) is 6.20 Å². The van der Waals surface area contributed by atoms with Crippen molar-refractivity contribution < 1.29 is 19.8 Å². The van der Waals surface area contributed by atoms with Gasteiger partial charge in [0.15, 0.2) is 6.10 Å². The van der Waals surface area contributed by atoms with E-state index in [0.29, 0.717) is 18.8 Å². The molecule has 0 fully saturated rings. The van der Waals surface area contributed by atoms with E-state index in [4.69, 9.17) is 5.11 Å². The zero-order valence-electron chi connectivity index (χ0n) is 9.96. The lowest BCUT2D eigenvalue weighted by molar-refractivity contribution is -0.147. The first-order chi connectivity index (χ1) is 8.47. The van der Waals surface area contributed by atoms with E-state index in [1.165, 1.54) is 6.92 Å². The van der Waals surface area contributed by atoms with Crippen LogP contribution in [-0.2, 0) is 22.6 Å². The molecule has 0 aliphatic carbocycles. The molecule has 7 heteroatoms. The van der Waals surface area contributed by atoms with E-state index in [1.807, 2.05) is 4.57 Å². The van der Waals surface area contributed by atoms with Gasteiger partial charge in [-0.3, -0.25) is 4.79 Å². The summed E-state index contributed by atoms with van der Waals surface area (Å²) in [6, 6.07) is 0.0206. The number of nitrogens with one attached hydrogen (secondary N) is 1. The number of aromatic nitrogens is 2. The number of rotatable bonds is 3. The molecule has 1 amide bonds. The standard InChI is InChI=1S/C11H15N3O4/c1-6(15)12-7-2-3-14-5-8(10(16)11(17)18)13-9(14)4-7/h5,7,10,16H,2-4H2,1H3,(H,12,15)(H,17,18)/t7-,10?/m1/s1. The van der Waals surface area contributed by atoms with E-state index >= 15 is 0 Å². The molecule has 0 saturated heterocycles. The third-order valence-corrected chi connectivity index (χ3v) is 2.95. The fourth-order valence-electron chi connectivity index (χ4n) is 2.12. The highest BCUT2D eigenvalue weighted by atomic mass is 16.4. The van der Waals surface area contributed by atoms with Crippen molar-refractivity contribution in [3.05, 3.63) is 17.7 Å². The molecule has 0 bridgehead atoms. The number of amides is 1. The molecule has 3 N–H and O–H groups in total. The van der Waals surface area contributed by atoms with Gasteiger partial charge in [-0.25, -0.2) is 9.78 Å². The first kappa shape index (κ1) is 12.6. The number of hydrogen-bond donors (Lipinski definition) is 3. The van der Waals surface area contributed by atoms with Crippen LogP contribution >= 0.6 is 0 Å². The quantitative estimate of drug-likeness (QED) is 0.670. The summed E-state index contributed by atoms with van der Waals surface area (Å²) in [4.78, 5) is 25.7. The average Bonchev–Trinajstić information content (AvgIpc) is 2.69. The number of aliphatic hydroxyl groups excluding tert-OH is 1. The molecule has 2 atom stereocenters. The molecule has 1 aliphatic rings. The second-order valence-corrected chi connectivity index (χ2v) is 4.41. The smallest absolute Gasteiger partial charge is 0.338 e. The van der Waals surface area contributed by atoms with E-state index in [1.54, 1.807) is 6.20 Å². The van der Waals surface area contributed by atoms with Crippen LogP contribution in [0.3, 0.4) is 0 Å². The van der Waals surface area contributed by atoms with Gasteiger partial charge in [0.1, 0.15) is 5.82 Å². The first-order valence-electron chi connectivity index (χ1n) is 5.71. The lowest BCUT2D eigenvalue weighted by atomic mass is 10.1. The Morgan fingerprint density at radius 3 is 2.94 bits per heavy atom. The number of hydrogen-bond acceptors (Lipinski definition) is 4. The molecule has 0 radical (unpaired) electrons. The van der Waals surface area contributed by atoms with E-state index < -0.39 is 12.1 Å². The second-order valence-electron chi connectivity index (χ2n) is 4.41. The fourth-order valence-corrected chi connectivity index (χ4v) is 2.12. The Morgan fingerprint density at radius 1 is 1.61 bits per heavy atom. The zero-order valence-corrected chi connectivity index (χ0v) is 9.96. The van der Waals surface area contributed by atoms with E-state index in [0.717, 1.165) is 6.42 Å². The van der Waals surface area contributed by atoms with Gasteiger partial charge in [0, 0.05) is 32.1 Å². The van der Waals surface area contributed by atoms with Crippen LogP contribution < -0.4 is 5.32 Å². The third-order valence-electron chi connectivity index (χ3n) is 2.95. The summed E-state index contributed by atoms with van der Waals surface area (Å²) in [5.41, 5.74) is 0.140. The molecule has 0 saturated carbocycles. The number of carboxylic acids is 1. The largest absolute Gasteiger partial charge is 0.479 e. The van der Waals surface area contributed by atoms with Crippen LogP contribution in [0.25, 0.3) is 0 Å². The molecule has 1 aromatic rings. The molecular formula is C11H15N3O4. The second kappa shape index (κ2) is 4.77. The van der Waals surface area contributed by atoms with E-state index in [-0.39, 0.29) is 17.6 Å². The predicted molar refractivity (Wildman–Crippen MR) is 60.7 cm³/mol. The molecular weight excluding hydrogens is 238 g/mol. The minimum Gasteiger partial charge on any atom is -0.479 e. The fraction of sp³-hybridized carbons (Fsp3) is 0.545. The van der Waals surface area contributed by atoms with Gasteiger partial charge in [-0.05, 0) is 6.42 Å². The Morgan fingerprint density at radius 2 is 2.33 bits per heavy atom. The summed E-state index contributed by atoms with van der Waals surface area (Å²) in [7, 11) is 0. The summed E-state index contributed by atoms with van der Waals surface area (Å²) >= 11 is 0. The predicted octanol–water partition coefficient (Wildman–Crippen LogP) is -0.548. The van der Waals surface area contributed by atoms with Gasteiger partial charge in [-0.1, -0.05) is 0 Å². The van der Waals surface area contributed by atoms with Gasteiger partial charge in [0.05, 0.1) is 5.69 Å². The number of aliphatic carboxylic acids is 1. The van der Waals surface area contributed by atoms with Gasteiger partial charge in [-0.15, -0.1) is 0 Å². The highest BCUT2D eigenvalue weighted by Crippen LogP contribution is 2.19. The van der Waals surface area contributed by atoms with Crippen LogP contribution in [0, 0.1) is 0 Å². The van der Waals surface area contributed by atoms with Crippen molar-refractivity contribution in [1.82, 2.24) is 14.9 Å². The number of aryl methyl sites for hydroxylation is 1. The Kier molecular flexibility index (Phi) is 3.33. The van der Waals surface area contributed by atoms with Crippen molar-refractivity contribution in [3.8, 4) is 0 Å². The molecule has 7 nitrogen and oxygen atoms in total. The van der Waals surface area contributed by atoms with Crippen molar-refractivity contribution >= 4 is 11.9 Å². The molecule has 98 valence electrons. The van der Waals surface area contributed by atoms with Gasteiger partial charge in [0.25, 0.3) is 0 Å². The minimum atomic E-state index is -1.60. The summed E-state index contributed by atoms with van der Waals surface area (Å²) in [5, 5.41) is 20.9. The van der Waals surface area contributed by atoms with E-state index in [2.05, 4.69) is 10.3 Å². The Balaban J connectivity index is 2.13. The molecule has 1 aromatic heterocycles. The number of carbonyl (C=O) groups is 2. The van der Waals surface area contributed by atoms with Crippen LogP contribution in [0.2, 0.25) is 0 Å². The maximum atomic E-state index is 11.0. The van der Waals surface area contributed by atoms with Gasteiger partial charge in [-0.2, -0.15) is 0 Å². The molecule has 18 heavy (non-hydrogen) atoms. The Hall–Kier alpha value is -1.89. The first-order valence-corrected chi connectivity index (χ1v) is 5.71. The lowest BCUT2D eigenvalue weighted by Crippen LogP contribution is -2.38. The van der Waals surface area contributed by atoms with Gasteiger partial charge < -0.3 is 20.1 Å². The number of fused-ring (bicyclic) bond motifs is 1. The van der Waals surface area contributed by atoms with Crippen LogP contribution in [0.5, 0.6) is 0 Å². The summed E-state index contributed by atoms with van der Waals surface area (Å²) in [6.45, 7) is 2.11. The molecule has 0 spiro atoms. The molecule has 1 aliphatic heterocycles. The summed E-state index contributed by atoms with van der Waals surface area (Å²) < 4.78 is 1.82. The molecule has 1 unspecified atom stereocenters. The number of nitrogens with zero attached hydrogens (tertiary/aromatic N) is 2. The van der Waals surface area contributed by atoms with Gasteiger partial charge >= 0.3 is 5.97 Å². The number of imidazole rings is 1. The van der Waals surface area contributed by atoms with E-state index in [9.17, 15) is 14.7 Å². The molecule has 2 rings (SSSR count). The average molecular weight is 253 g/mol. The third kappa shape index (κ3) is 2.51. The summed E-state index contributed by atoms with van der Waals surface area (Å²) in [5.74, 6) is -0.718. The Labute approximate surface area is 103 Å². The SMILES string of the molecule is CC(=O)N[C@@H]1CCn2cc(C(O)C(=O)O)nc2C1. The lowest BCUT2D eigenvalue weighted by Gasteiger charge is -2.23. The maximum Gasteiger partial charge on any atom is 0.338 e. The zero-order chi connectivity index (χ0) is 13.3. The van der Waals surface area contributed by atoms with Crippen LogP contribution in [-0.4, -0.2) is 37.7 Å². The van der Waals surface area contributed by atoms with Crippen molar-refractivity contribution in [2.75, 3.05) is 0 Å². The van der Waals surface area contributed by atoms with Crippen molar-refractivity contribution in [3.63, 3.8) is 0 Å². The molecule has 2 heterocycles. The normalized spacial score (nSPS) is 20.0. The van der Waals surface area contributed by atoms with Crippen LogP contribution in [0.1, 0.15) is 31.0 Å². The Bertz CT molecular complexity index is 483. The molecule has 0 aromatic carbocycles. The van der Waals surface area contributed by atoms with Crippen LogP contribution in [0.4, 0.5) is 0 Å². The monoisotopic (exact) mass is 253 g/mol. The van der Waals surface area contributed by atoms with Crippen molar-refractivity contribution in [2.45, 2.75) is 38.5 Å². The number of aliphatic hydroxyl groups is 1. The maximum absolute atomic E-state index is 11.0. The topological polar surface area (TPSA) is 104 Å². The number of carbonyl (C=O) groups excluding carboxylic acids is 1.